The van der Waals surface area contributed by atoms with E-state index in [2.05, 4.69) is 20.9 Å². The number of nitrogens with two attached hydrogens (primary N) is 2. The summed E-state index contributed by atoms with van der Waals surface area (Å²) in [5.74, 6) is -3.82. The zero-order valence-electron chi connectivity index (χ0n) is 18.1. The molecule has 33 heavy (non-hydrogen) atoms. The molecule has 9 N–H and O–H groups in total. The van der Waals surface area contributed by atoms with Gasteiger partial charge in [-0.1, -0.05) is 18.2 Å². The number of carbonyl (C=O) groups excluding carboxylic acids is 4. The number of rotatable bonds is 12. The molecule has 12 nitrogen and oxygen atoms in total. The van der Waals surface area contributed by atoms with Crippen LogP contribution in [0.1, 0.15) is 25.3 Å². The van der Waals surface area contributed by atoms with E-state index >= 15 is 0 Å². The SMILES string of the molecule is CC(NC(=O)C(N)CCC(N)=O)C(=O)NCC(=O)NC(Cc1c[nH]c2ccccc12)C(=O)O. The summed E-state index contributed by atoms with van der Waals surface area (Å²) in [7, 11) is 0. The Morgan fingerprint density at radius 1 is 1.09 bits per heavy atom. The van der Waals surface area contributed by atoms with Gasteiger partial charge in [-0.05, 0) is 25.0 Å². The van der Waals surface area contributed by atoms with Crippen molar-refractivity contribution >= 4 is 40.5 Å². The van der Waals surface area contributed by atoms with Crippen LogP contribution in [-0.2, 0) is 30.4 Å². The van der Waals surface area contributed by atoms with Gasteiger partial charge in [0.2, 0.25) is 23.6 Å². The molecule has 2 rings (SSSR count). The van der Waals surface area contributed by atoms with E-state index in [9.17, 15) is 29.1 Å². The maximum Gasteiger partial charge on any atom is 0.326 e. The number of aromatic amines is 1. The molecule has 3 unspecified atom stereocenters. The molecule has 1 aromatic heterocycles. The van der Waals surface area contributed by atoms with Crippen LogP contribution in [-0.4, -0.2) is 64.4 Å². The average molecular weight is 460 g/mol. The van der Waals surface area contributed by atoms with Crippen molar-refractivity contribution in [3.05, 3.63) is 36.0 Å². The second-order valence-electron chi connectivity index (χ2n) is 7.58. The fraction of sp³-hybridized carbons (Fsp3) is 0.381. The number of hydrogen-bond donors (Lipinski definition) is 7. The summed E-state index contributed by atoms with van der Waals surface area (Å²) >= 11 is 0. The Morgan fingerprint density at radius 2 is 1.79 bits per heavy atom. The summed E-state index contributed by atoms with van der Waals surface area (Å²) in [6.07, 6.45) is 1.70. The van der Waals surface area contributed by atoms with Crippen molar-refractivity contribution in [2.75, 3.05) is 6.54 Å². The van der Waals surface area contributed by atoms with Gasteiger partial charge in [-0.3, -0.25) is 19.2 Å². The van der Waals surface area contributed by atoms with Crippen molar-refractivity contribution in [2.24, 2.45) is 11.5 Å². The van der Waals surface area contributed by atoms with E-state index < -0.39 is 54.3 Å². The fourth-order valence-electron chi connectivity index (χ4n) is 3.10. The summed E-state index contributed by atoms with van der Waals surface area (Å²) < 4.78 is 0. The second-order valence-corrected chi connectivity index (χ2v) is 7.58. The number of aromatic nitrogens is 1. The number of primary amides is 1. The number of benzene rings is 1. The fourth-order valence-corrected chi connectivity index (χ4v) is 3.10. The smallest absolute Gasteiger partial charge is 0.326 e. The van der Waals surface area contributed by atoms with Crippen molar-refractivity contribution in [1.82, 2.24) is 20.9 Å². The number of carboxylic acid groups (broad SMARTS) is 1. The molecular formula is C21H28N6O6. The van der Waals surface area contributed by atoms with Crippen molar-refractivity contribution < 1.29 is 29.1 Å². The largest absolute Gasteiger partial charge is 0.480 e. The quantitative estimate of drug-likeness (QED) is 0.199. The highest BCUT2D eigenvalue weighted by molar-refractivity contribution is 5.92. The van der Waals surface area contributed by atoms with Crippen molar-refractivity contribution in [1.29, 1.82) is 0 Å². The number of carbonyl (C=O) groups is 5. The van der Waals surface area contributed by atoms with Crippen LogP contribution >= 0.6 is 0 Å². The molecule has 0 aliphatic carbocycles. The van der Waals surface area contributed by atoms with Gasteiger partial charge in [0.05, 0.1) is 12.6 Å². The van der Waals surface area contributed by atoms with E-state index in [1.54, 1.807) is 6.20 Å². The minimum absolute atomic E-state index is 0.0327. The highest BCUT2D eigenvalue weighted by Crippen LogP contribution is 2.19. The zero-order chi connectivity index (χ0) is 24.5. The van der Waals surface area contributed by atoms with E-state index in [1.807, 2.05) is 24.3 Å². The van der Waals surface area contributed by atoms with Gasteiger partial charge in [0.1, 0.15) is 12.1 Å². The summed E-state index contributed by atoms with van der Waals surface area (Å²) in [5, 5.41) is 17.4. The molecule has 0 radical (unpaired) electrons. The Morgan fingerprint density at radius 3 is 2.45 bits per heavy atom. The predicted octanol–water partition coefficient (Wildman–Crippen LogP) is -1.51. The maximum atomic E-state index is 12.2. The van der Waals surface area contributed by atoms with Crippen molar-refractivity contribution in [3.8, 4) is 0 Å². The molecule has 0 aliphatic heterocycles. The summed E-state index contributed by atoms with van der Waals surface area (Å²) in [4.78, 5) is 61.8. The number of hydrogen-bond acceptors (Lipinski definition) is 6. The minimum Gasteiger partial charge on any atom is -0.480 e. The summed E-state index contributed by atoms with van der Waals surface area (Å²) in [5.41, 5.74) is 12.2. The third kappa shape index (κ3) is 7.61. The van der Waals surface area contributed by atoms with Gasteiger partial charge < -0.3 is 37.5 Å². The van der Waals surface area contributed by atoms with Gasteiger partial charge in [0.15, 0.2) is 0 Å². The average Bonchev–Trinajstić information content (AvgIpc) is 3.17. The highest BCUT2D eigenvalue weighted by Gasteiger charge is 2.24. The molecule has 178 valence electrons. The van der Waals surface area contributed by atoms with Crippen LogP contribution in [0.2, 0.25) is 0 Å². The van der Waals surface area contributed by atoms with Crippen molar-refractivity contribution in [3.63, 3.8) is 0 Å². The molecule has 12 heteroatoms. The van der Waals surface area contributed by atoms with Crippen LogP contribution < -0.4 is 27.4 Å². The van der Waals surface area contributed by atoms with Crippen LogP contribution in [0.3, 0.4) is 0 Å². The second kappa shape index (κ2) is 11.6. The topological polar surface area (TPSA) is 209 Å². The molecule has 0 spiro atoms. The Balaban J connectivity index is 1.84. The predicted molar refractivity (Wildman–Crippen MR) is 119 cm³/mol. The zero-order valence-corrected chi connectivity index (χ0v) is 18.1. The van der Waals surface area contributed by atoms with Gasteiger partial charge in [-0.15, -0.1) is 0 Å². The van der Waals surface area contributed by atoms with Crippen LogP contribution in [0.4, 0.5) is 0 Å². The highest BCUT2D eigenvalue weighted by atomic mass is 16.4. The van der Waals surface area contributed by atoms with E-state index in [0.29, 0.717) is 0 Å². The third-order valence-electron chi connectivity index (χ3n) is 4.95. The Kier molecular flexibility index (Phi) is 8.92. The monoisotopic (exact) mass is 460 g/mol. The molecule has 0 aliphatic rings. The first-order valence-corrected chi connectivity index (χ1v) is 10.3. The lowest BCUT2D eigenvalue weighted by atomic mass is 10.0. The first kappa shape index (κ1) is 25.3. The van der Waals surface area contributed by atoms with Gasteiger partial charge in [-0.25, -0.2) is 4.79 Å². The van der Waals surface area contributed by atoms with Gasteiger partial charge >= 0.3 is 5.97 Å². The number of fused-ring (bicyclic) bond motifs is 1. The standard InChI is InChI=1S/C21H28N6O6/c1-11(26-20(31)14(22)6-7-17(23)28)19(30)25-10-18(29)27-16(21(32)33)8-12-9-24-15-5-3-2-4-13(12)15/h2-5,9,11,14,16,24H,6-8,10,22H2,1H3,(H2,23,28)(H,25,30)(H,26,31)(H,27,29)(H,32,33). The summed E-state index contributed by atoms with van der Waals surface area (Å²) in [6.45, 7) is 0.910. The molecule has 3 atom stereocenters. The molecular weight excluding hydrogens is 432 g/mol. The van der Waals surface area contributed by atoms with Crippen molar-refractivity contribution in [2.45, 2.75) is 44.3 Å². The molecule has 0 fully saturated rings. The maximum absolute atomic E-state index is 12.2. The lowest BCUT2D eigenvalue weighted by Crippen LogP contribution is -2.52. The molecule has 1 aromatic carbocycles. The molecule has 0 saturated carbocycles. The van der Waals surface area contributed by atoms with E-state index in [-0.39, 0.29) is 19.3 Å². The first-order chi connectivity index (χ1) is 15.6. The molecule has 2 aromatic rings. The Hall–Kier alpha value is -3.93. The lowest BCUT2D eigenvalue weighted by molar-refractivity contribution is -0.141. The number of nitrogens with one attached hydrogen (secondary N) is 4. The number of carboxylic acids is 1. The number of amides is 4. The van der Waals surface area contributed by atoms with Gasteiger partial charge in [0, 0.05) is 29.9 Å². The Bertz CT molecular complexity index is 1040. The summed E-state index contributed by atoms with van der Waals surface area (Å²) in [6, 6.07) is 4.15. The number of aliphatic carboxylic acids is 1. The van der Waals surface area contributed by atoms with Crippen LogP contribution in [0.5, 0.6) is 0 Å². The van der Waals surface area contributed by atoms with E-state index in [4.69, 9.17) is 11.5 Å². The number of para-hydroxylation sites is 1. The van der Waals surface area contributed by atoms with E-state index in [1.165, 1.54) is 6.92 Å². The third-order valence-corrected chi connectivity index (χ3v) is 4.95. The van der Waals surface area contributed by atoms with Crippen LogP contribution in [0.15, 0.2) is 30.5 Å². The number of H-pyrrole nitrogens is 1. The van der Waals surface area contributed by atoms with E-state index in [0.717, 1.165) is 16.5 Å². The first-order valence-electron chi connectivity index (χ1n) is 10.3. The molecule has 0 bridgehead atoms. The molecule has 0 saturated heterocycles. The minimum atomic E-state index is -1.22. The Labute approximate surface area is 189 Å². The molecule has 1 heterocycles. The van der Waals surface area contributed by atoms with Crippen LogP contribution in [0, 0.1) is 0 Å². The van der Waals surface area contributed by atoms with Gasteiger partial charge in [-0.2, -0.15) is 0 Å². The van der Waals surface area contributed by atoms with Crippen LogP contribution in [0.25, 0.3) is 10.9 Å². The normalized spacial score (nSPS) is 13.5. The van der Waals surface area contributed by atoms with Gasteiger partial charge in [0.25, 0.3) is 0 Å². The molecule has 4 amide bonds. The lowest BCUT2D eigenvalue weighted by Gasteiger charge is -2.18.